The lowest BCUT2D eigenvalue weighted by molar-refractivity contribution is 0.110. The van der Waals surface area contributed by atoms with E-state index in [0.717, 1.165) is 3.57 Å². The SMILES string of the molecule is O=Cc1ccc(-c2ccc(I)cc2O)o1. The number of halogens is 1. The van der Waals surface area contributed by atoms with E-state index in [9.17, 15) is 9.90 Å². The van der Waals surface area contributed by atoms with Crippen molar-refractivity contribution in [3.63, 3.8) is 0 Å². The van der Waals surface area contributed by atoms with Gasteiger partial charge in [-0.25, -0.2) is 0 Å². The first-order valence-electron chi connectivity index (χ1n) is 4.24. The van der Waals surface area contributed by atoms with Gasteiger partial charge < -0.3 is 9.52 Å². The molecule has 0 unspecified atom stereocenters. The minimum atomic E-state index is 0.147. The van der Waals surface area contributed by atoms with Crippen molar-refractivity contribution in [2.45, 2.75) is 0 Å². The van der Waals surface area contributed by atoms with Gasteiger partial charge in [-0.05, 0) is 52.9 Å². The van der Waals surface area contributed by atoms with E-state index in [1.54, 1.807) is 24.3 Å². The lowest BCUT2D eigenvalue weighted by Crippen LogP contribution is -1.78. The molecular weight excluding hydrogens is 307 g/mol. The summed E-state index contributed by atoms with van der Waals surface area (Å²) in [7, 11) is 0. The van der Waals surface area contributed by atoms with Crippen LogP contribution in [0.4, 0.5) is 0 Å². The van der Waals surface area contributed by atoms with Crippen molar-refractivity contribution in [3.05, 3.63) is 39.7 Å². The Hall–Kier alpha value is -1.30. The van der Waals surface area contributed by atoms with Crippen molar-refractivity contribution in [1.82, 2.24) is 0 Å². The topological polar surface area (TPSA) is 50.4 Å². The highest BCUT2D eigenvalue weighted by Crippen LogP contribution is 2.31. The molecule has 15 heavy (non-hydrogen) atoms. The Morgan fingerprint density at radius 1 is 1.27 bits per heavy atom. The lowest BCUT2D eigenvalue weighted by Gasteiger charge is -2.01. The van der Waals surface area contributed by atoms with Crippen molar-refractivity contribution in [2.24, 2.45) is 0 Å². The Balaban J connectivity index is 2.49. The standard InChI is InChI=1S/C11H7IO3/c12-7-1-3-9(10(14)5-7)11-4-2-8(6-13)15-11/h1-6,14H. The maximum Gasteiger partial charge on any atom is 0.185 e. The van der Waals surface area contributed by atoms with Gasteiger partial charge in [-0.15, -0.1) is 0 Å². The van der Waals surface area contributed by atoms with E-state index in [0.29, 0.717) is 17.6 Å². The lowest BCUT2D eigenvalue weighted by atomic mass is 10.1. The van der Waals surface area contributed by atoms with Crippen LogP contribution in [-0.4, -0.2) is 11.4 Å². The average Bonchev–Trinajstić information content (AvgIpc) is 2.66. The van der Waals surface area contributed by atoms with Gasteiger partial charge in [-0.1, -0.05) is 0 Å². The van der Waals surface area contributed by atoms with Crippen molar-refractivity contribution in [1.29, 1.82) is 0 Å². The Labute approximate surface area is 99.9 Å². The second-order valence-electron chi connectivity index (χ2n) is 2.98. The molecule has 76 valence electrons. The maximum absolute atomic E-state index is 10.4. The van der Waals surface area contributed by atoms with Crippen LogP contribution in [0.25, 0.3) is 11.3 Å². The van der Waals surface area contributed by atoms with Gasteiger partial charge in [0.15, 0.2) is 12.0 Å². The number of aldehydes is 1. The number of phenolic OH excluding ortho intramolecular Hbond substituents is 1. The first-order chi connectivity index (χ1) is 7.20. The van der Waals surface area contributed by atoms with Gasteiger partial charge in [0, 0.05) is 3.57 Å². The van der Waals surface area contributed by atoms with Crippen LogP contribution < -0.4 is 0 Å². The predicted molar refractivity (Wildman–Crippen MR) is 63.9 cm³/mol. The van der Waals surface area contributed by atoms with Gasteiger partial charge in [0.25, 0.3) is 0 Å². The number of carbonyl (C=O) groups is 1. The molecule has 2 rings (SSSR count). The largest absolute Gasteiger partial charge is 0.507 e. The van der Waals surface area contributed by atoms with Crippen LogP contribution in [-0.2, 0) is 0 Å². The zero-order chi connectivity index (χ0) is 10.8. The number of aromatic hydroxyl groups is 1. The van der Waals surface area contributed by atoms with Crippen LogP contribution in [0.3, 0.4) is 0 Å². The molecule has 0 amide bonds. The molecule has 4 heteroatoms. The minimum absolute atomic E-state index is 0.147. The summed E-state index contributed by atoms with van der Waals surface area (Å²) in [5.41, 5.74) is 0.587. The van der Waals surface area contributed by atoms with Gasteiger partial charge in [-0.3, -0.25) is 4.79 Å². The molecule has 0 aliphatic heterocycles. The van der Waals surface area contributed by atoms with Gasteiger partial charge in [0.2, 0.25) is 0 Å². The summed E-state index contributed by atoms with van der Waals surface area (Å²) in [4.78, 5) is 10.4. The fourth-order valence-electron chi connectivity index (χ4n) is 1.27. The molecule has 0 saturated heterocycles. The van der Waals surface area contributed by atoms with E-state index >= 15 is 0 Å². The molecule has 1 heterocycles. The Kier molecular flexibility index (Phi) is 2.77. The van der Waals surface area contributed by atoms with E-state index in [2.05, 4.69) is 22.6 Å². The van der Waals surface area contributed by atoms with Crippen LogP contribution in [0.5, 0.6) is 5.75 Å². The van der Waals surface area contributed by atoms with E-state index < -0.39 is 0 Å². The predicted octanol–water partition coefficient (Wildman–Crippen LogP) is 3.07. The van der Waals surface area contributed by atoms with Crippen molar-refractivity contribution in [3.8, 4) is 17.1 Å². The number of hydrogen-bond acceptors (Lipinski definition) is 3. The molecule has 1 aromatic heterocycles. The molecule has 1 aromatic carbocycles. The third kappa shape index (κ3) is 2.04. The molecule has 0 aliphatic rings. The van der Waals surface area contributed by atoms with Crippen LogP contribution >= 0.6 is 22.6 Å². The fraction of sp³-hybridized carbons (Fsp3) is 0. The van der Waals surface area contributed by atoms with Crippen molar-refractivity contribution >= 4 is 28.9 Å². The number of phenols is 1. The molecule has 1 N–H and O–H groups in total. The Morgan fingerprint density at radius 2 is 2.07 bits per heavy atom. The third-order valence-electron chi connectivity index (χ3n) is 1.97. The van der Waals surface area contributed by atoms with E-state index in [1.807, 2.05) is 6.07 Å². The summed E-state index contributed by atoms with van der Waals surface area (Å²) in [6.45, 7) is 0. The van der Waals surface area contributed by atoms with Crippen molar-refractivity contribution in [2.75, 3.05) is 0 Å². The summed E-state index contributed by atoms with van der Waals surface area (Å²) in [5.74, 6) is 0.891. The zero-order valence-electron chi connectivity index (χ0n) is 7.61. The first kappa shape index (κ1) is 10.2. The zero-order valence-corrected chi connectivity index (χ0v) is 9.76. The highest BCUT2D eigenvalue weighted by Gasteiger charge is 2.08. The molecule has 2 aromatic rings. The summed E-state index contributed by atoms with van der Waals surface area (Å²) in [6.07, 6.45) is 0.632. The average molecular weight is 314 g/mol. The normalized spacial score (nSPS) is 10.2. The fourth-order valence-corrected chi connectivity index (χ4v) is 1.75. The Morgan fingerprint density at radius 3 is 2.67 bits per heavy atom. The molecule has 0 radical (unpaired) electrons. The van der Waals surface area contributed by atoms with E-state index in [-0.39, 0.29) is 11.5 Å². The number of furan rings is 1. The van der Waals surface area contributed by atoms with Crippen LogP contribution in [0, 0.1) is 3.57 Å². The second-order valence-corrected chi connectivity index (χ2v) is 4.23. The van der Waals surface area contributed by atoms with Crippen LogP contribution in [0.1, 0.15) is 10.6 Å². The molecule has 0 saturated carbocycles. The molecule has 0 atom stereocenters. The number of benzene rings is 1. The van der Waals surface area contributed by atoms with E-state index in [4.69, 9.17) is 4.42 Å². The molecule has 3 nitrogen and oxygen atoms in total. The van der Waals surface area contributed by atoms with Crippen molar-refractivity contribution < 1.29 is 14.3 Å². The van der Waals surface area contributed by atoms with Gasteiger partial charge in [-0.2, -0.15) is 0 Å². The molecule has 0 spiro atoms. The van der Waals surface area contributed by atoms with Gasteiger partial charge in [0.05, 0.1) is 5.56 Å². The molecule has 0 bridgehead atoms. The third-order valence-corrected chi connectivity index (χ3v) is 2.64. The minimum Gasteiger partial charge on any atom is -0.507 e. The number of carbonyl (C=O) groups excluding carboxylic acids is 1. The van der Waals surface area contributed by atoms with Gasteiger partial charge in [0.1, 0.15) is 11.5 Å². The molecule has 0 aliphatic carbocycles. The second kappa shape index (κ2) is 4.06. The Bertz CT molecular complexity index is 502. The summed E-state index contributed by atoms with van der Waals surface area (Å²) in [6, 6.07) is 8.48. The smallest absolute Gasteiger partial charge is 0.185 e. The highest BCUT2D eigenvalue weighted by molar-refractivity contribution is 14.1. The maximum atomic E-state index is 10.4. The van der Waals surface area contributed by atoms with Gasteiger partial charge >= 0.3 is 0 Å². The quantitative estimate of drug-likeness (QED) is 0.684. The van der Waals surface area contributed by atoms with Crippen LogP contribution in [0.15, 0.2) is 34.7 Å². The summed E-state index contributed by atoms with van der Waals surface area (Å²) < 4.78 is 6.15. The summed E-state index contributed by atoms with van der Waals surface area (Å²) >= 11 is 2.11. The monoisotopic (exact) mass is 314 g/mol. The van der Waals surface area contributed by atoms with Crippen LogP contribution in [0.2, 0.25) is 0 Å². The highest BCUT2D eigenvalue weighted by atomic mass is 127. The summed E-state index contributed by atoms with van der Waals surface area (Å²) in [5, 5.41) is 9.67. The van der Waals surface area contributed by atoms with E-state index in [1.165, 1.54) is 0 Å². The first-order valence-corrected chi connectivity index (χ1v) is 5.32. The number of hydrogen-bond donors (Lipinski definition) is 1. The molecular formula is C11H7IO3. The number of rotatable bonds is 2. The molecule has 0 fully saturated rings.